The third-order valence-electron chi connectivity index (χ3n) is 1.52. The Morgan fingerprint density at radius 2 is 2.00 bits per heavy atom. The zero-order valence-electron chi connectivity index (χ0n) is 7.40. The number of hydrogen-bond donors (Lipinski definition) is 1. The molecule has 0 saturated heterocycles. The van der Waals surface area contributed by atoms with Gasteiger partial charge in [0, 0.05) is 0 Å². The molecule has 0 aliphatic carbocycles. The predicted molar refractivity (Wildman–Crippen MR) is 39.5 cm³/mol. The molecule has 1 heterocycles. The number of aryl methyl sites for hydroxylation is 2. The molecule has 1 aromatic heterocycles. The highest BCUT2D eigenvalue weighted by Crippen LogP contribution is 2.16. The van der Waals surface area contributed by atoms with Crippen molar-refractivity contribution < 1.29 is 22.5 Å². The first kappa shape index (κ1) is 10.6. The Morgan fingerprint density at radius 3 is 2.36 bits per heavy atom. The number of nitrogens with zero attached hydrogens (tertiary/aromatic N) is 1. The Morgan fingerprint density at radius 1 is 1.43 bits per heavy atom. The van der Waals surface area contributed by atoms with E-state index in [9.17, 15) is 18.0 Å². The van der Waals surface area contributed by atoms with Crippen LogP contribution < -0.4 is 5.32 Å². The molecule has 1 aromatic rings. The van der Waals surface area contributed by atoms with Crippen LogP contribution in [0.4, 0.5) is 13.2 Å². The van der Waals surface area contributed by atoms with Crippen molar-refractivity contribution in [1.29, 1.82) is 0 Å². The first-order valence-electron chi connectivity index (χ1n) is 3.63. The maximum absolute atomic E-state index is 11.8. The smallest absolute Gasteiger partial charge is 0.361 e. The molecule has 0 fully saturated rings. The van der Waals surface area contributed by atoms with Crippen molar-refractivity contribution in [2.24, 2.45) is 0 Å². The van der Waals surface area contributed by atoms with Gasteiger partial charge >= 0.3 is 6.30 Å². The zero-order valence-corrected chi connectivity index (χ0v) is 7.40. The van der Waals surface area contributed by atoms with Crippen molar-refractivity contribution in [3.63, 3.8) is 0 Å². The highest BCUT2D eigenvalue weighted by Gasteiger charge is 2.32. The lowest BCUT2D eigenvalue weighted by Gasteiger charge is -2.07. The van der Waals surface area contributed by atoms with Crippen LogP contribution >= 0.6 is 0 Å². The second kappa shape index (κ2) is 3.32. The van der Waals surface area contributed by atoms with E-state index in [1.54, 1.807) is 0 Å². The molecule has 0 atom stereocenters. The SMILES string of the molecule is Cc1noc(C)c1C(=O)NC(F)(F)F. The van der Waals surface area contributed by atoms with E-state index in [1.807, 2.05) is 0 Å². The van der Waals surface area contributed by atoms with Gasteiger partial charge in [0.05, 0.1) is 5.69 Å². The molecule has 1 N–H and O–H groups in total. The second-order valence-corrected chi connectivity index (χ2v) is 2.65. The number of alkyl halides is 3. The maximum Gasteiger partial charge on any atom is 0.484 e. The highest BCUT2D eigenvalue weighted by molar-refractivity contribution is 5.96. The van der Waals surface area contributed by atoms with Crippen LogP contribution in [0.25, 0.3) is 0 Å². The van der Waals surface area contributed by atoms with Gasteiger partial charge < -0.3 is 4.52 Å². The molecule has 7 heteroatoms. The minimum Gasteiger partial charge on any atom is -0.361 e. The lowest BCUT2D eigenvalue weighted by molar-refractivity contribution is -0.146. The summed E-state index contributed by atoms with van der Waals surface area (Å²) in [5.74, 6) is -1.20. The standard InChI is InChI=1S/C7H7F3N2O2/c1-3-5(4(2)14-12-3)6(13)11-7(8,9)10/h1-2H3,(H,11,13). The van der Waals surface area contributed by atoms with Crippen molar-refractivity contribution in [2.45, 2.75) is 20.1 Å². The first-order valence-corrected chi connectivity index (χ1v) is 3.63. The minimum absolute atomic E-state index is 0.0595. The molecule has 4 nitrogen and oxygen atoms in total. The summed E-state index contributed by atoms with van der Waals surface area (Å²) >= 11 is 0. The largest absolute Gasteiger partial charge is 0.484 e. The Hall–Kier alpha value is -1.53. The summed E-state index contributed by atoms with van der Waals surface area (Å²) in [5.41, 5.74) is -0.0495. The van der Waals surface area contributed by atoms with Crippen molar-refractivity contribution in [3.05, 3.63) is 17.0 Å². The number of carbonyl (C=O) groups is 1. The summed E-state index contributed by atoms with van der Waals surface area (Å²) in [5, 5.41) is 4.23. The lowest BCUT2D eigenvalue weighted by Crippen LogP contribution is -2.37. The summed E-state index contributed by atoms with van der Waals surface area (Å²) in [6.45, 7) is 2.76. The first-order chi connectivity index (χ1) is 6.31. The van der Waals surface area contributed by atoms with Crippen LogP contribution in [0.1, 0.15) is 21.8 Å². The van der Waals surface area contributed by atoms with Crippen molar-refractivity contribution in [2.75, 3.05) is 0 Å². The van der Waals surface area contributed by atoms with Gasteiger partial charge in [-0.1, -0.05) is 5.16 Å². The average molecular weight is 208 g/mol. The van der Waals surface area contributed by atoms with Gasteiger partial charge in [-0.2, -0.15) is 13.2 Å². The molecule has 0 aromatic carbocycles. The zero-order chi connectivity index (χ0) is 10.9. The summed E-state index contributed by atoms with van der Waals surface area (Å²) < 4.78 is 39.9. The molecule has 14 heavy (non-hydrogen) atoms. The maximum atomic E-state index is 11.8. The highest BCUT2D eigenvalue weighted by atomic mass is 19.4. The fraction of sp³-hybridized carbons (Fsp3) is 0.429. The fourth-order valence-electron chi connectivity index (χ4n) is 0.998. The van der Waals surface area contributed by atoms with Crippen LogP contribution in [0.15, 0.2) is 4.52 Å². The van der Waals surface area contributed by atoms with Crippen LogP contribution in [-0.4, -0.2) is 17.4 Å². The average Bonchev–Trinajstić information content (AvgIpc) is 2.27. The van der Waals surface area contributed by atoms with E-state index >= 15 is 0 Å². The van der Waals surface area contributed by atoms with Crippen LogP contribution in [0.2, 0.25) is 0 Å². The van der Waals surface area contributed by atoms with E-state index in [-0.39, 0.29) is 17.0 Å². The number of nitrogens with one attached hydrogen (secondary N) is 1. The third-order valence-corrected chi connectivity index (χ3v) is 1.52. The molecule has 78 valence electrons. The molecule has 0 saturated carbocycles. The molecule has 0 radical (unpaired) electrons. The quantitative estimate of drug-likeness (QED) is 0.712. The van der Waals surface area contributed by atoms with Gasteiger partial charge in [-0.05, 0) is 13.8 Å². The molecule has 1 amide bonds. The van der Waals surface area contributed by atoms with Gasteiger partial charge in [-0.3, -0.25) is 10.1 Å². The van der Waals surface area contributed by atoms with Crippen LogP contribution in [0.3, 0.4) is 0 Å². The molecule has 0 aliphatic rings. The number of carbonyl (C=O) groups excluding carboxylic acids is 1. The van der Waals surface area contributed by atoms with E-state index in [0.29, 0.717) is 0 Å². The predicted octanol–water partition coefficient (Wildman–Crippen LogP) is 1.54. The molecular formula is C7H7F3N2O2. The Balaban J connectivity index is 2.90. The van der Waals surface area contributed by atoms with Crippen molar-refractivity contribution in [3.8, 4) is 0 Å². The van der Waals surface area contributed by atoms with Crippen molar-refractivity contribution >= 4 is 5.91 Å². The lowest BCUT2D eigenvalue weighted by atomic mass is 10.2. The Kier molecular flexibility index (Phi) is 2.50. The molecule has 0 bridgehead atoms. The number of aromatic nitrogens is 1. The molecule has 0 unspecified atom stereocenters. The van der Waals surface area contributed by atoms with Crippen LogP contribution in [-0.2, 0) is 0 Å². The third kappa shape index (κ3) is 2.24. The van der Waals surface area contributed by atoms with E-state index in [4.69, 9.17) is 0 Å². The Labute approximate surface area is 77.1 Å². The Bertz CT molecular complexity index is 337. The second-order valence-electron chi connectivity index (χ2n) is 2.65. The van der Waals surface area contributed by atoms with Gasteiger partial charge in [0.25, 0.3) is 5.91 Å². The summed E-state index contributed by atoms with van der Waals surface area (Å²) in [6, 6.07) is 0. The van der Waals surface area contributed by atoms with Crippen molar-refractivity contribution in [1.82, 2.24) is 10.5 Å². The number of rotatable bonds is 1. The van der Waals surface area contributed by atoms with Gasteiger partial charge in [0.2, 0.25) is 0 Å². The normalized spacial score (nSPS) is 11.5. The number of hydrogen-bond acceptors (Lipinski definition) is 3. The van der Waals surface area contributed by atoms with E-state index in [2.05, 4.69) is 9.68 Å². The monoisotopic (exact) mass is 208 g/mol. The number of halogens is 3. The van der Waals surface area contributed by atoms with Crippen LogP contribution in [0, 0.1) is 13.8 Å². The fourth-order valence-corrected chi connectivity index (χ4v) is 0.998. The topological polar surface area (TPSA) is 55.1 Å². The molecular weight excluding hydrogens is 201 g/mol. The van der Waals surface area contributed by atoms with E-state index in [0.717, 1.165) is 5.32 Å². The number of amides is 1. The van der Waals surface area contributed by atoms with Crippen LogP contribution in [0.5, 0.6) is 0 Å². The van der Waals surface area contributed by atoms with Gasteiger partial charge in [-0.15, -0.1) is 0 Å². The summed E-state index contributed by atoms with van der Waals surface area (Å²) in [4.78, 5) is 11.0. The molecule has 0 aliphatic heterocycles. The summed E-state index contributed by atoms with van der Waals surface area (Å²) in [6.07, 6.45) is -4.74. The van der Waals surface area contributed by atoms with Gasteiger partial charge in [0.1, 0.15) is 11.3 Å². The molecule has 0 spiro atoms. The van der Waals surface area contributed by atoms with Gasteiger partial charge in [0.15, 0.2) is 0 Å². The van der Waals surface area contributed by atoms with Gasteiger partial charge in [-0.25, -0.2) is 0 Å². The van der Waals surface area contributed by atoms with E-state index < -0.39 is 12.2 Å². The minimum atomic E-state index is -4.74. The molecule has 1 rings (SSSR count). The summed E-state index contributed by atoms with van der Waals surface area (Å²) in [7, 11) is 0. The van der Waals surface area contributed by atoms with E-state index in [1.165, 1.54) is 13.8 Å².